The molecule has 0 saturated carbocycles. The summed E-state index contributed by atoms with van der Waals surface area (Å²) in [4.78, 5) is 20.0. The first-order valence-corrected chi connectivity index (χ1v) is 5.97. The average Bonchev–Trinajstić information content (AvgIpc) is 2.30. The summed E-state index contributed by atoms with van der Waals surface area (Å²) in [6.07, 6.45) is 1.36. The fourth-order valence-corrected chi connectivity index (χ4v) is 1.73. The van der Waals surface area contributed by atoms with Crippen LogP contribution < -0.4 is 16.2 Å². The second-order valence-electron chi connectivity index (χ2n) is 4.75. The summed E-state index contributed by atoms with van der Waals surface area (Å²) in [5.74, 6) is 0.513. The number of aromatic amines is 1. The van der Waals surface area contributed by atoms with Gasteiger partial charge in [-0.25, -0.2) is 4.98 Å². The maximum absolute atomic E-state index is 11.4. The first-order valence-electron chi connectivity index (χ1n) is 5.59. The number of rotatable bonds is 5. The highest BCUT2D eigenvalue weighted by Crippen LogP contribution is 2.23. The number of hydrogen-bond acceptors (Lipinski definition) is 4. The Labute approximate surface area is 106 Å². The molecule has 96 valence electrons. The Morgan fingerprint density at radius 1 is 1.59 bits per heavy atom. The van der Waals surface area contributed by atoms with E-state index in [2.05, 4.69) is 23.8 Å². The molecule has 0 aliphatic carbocycles. The van der Waals surface area contributed by atoms with Crippen molar-refractivity contribution >= 4 is 17.4 Å². The molecule has 0 aromatic carbocycles. The summed E-state index contributed by atoms with van der Waals surface area (Å²) in [7, 11) is 0. The second-order valence-corrected chi connectivity index (χ2v) is 5.13. The van der Waals surface area contributed by atoms with E-state index in [9.17, 15) is 4.79 Å². The highest BCUT2D eigenvalue weighted by molar-refractivity contribution is 6.32. The summed E-state index contributed by atoms with van der Waals surface area (Å²) in [5, 5.41) is 0.127. The van der Waals surface area contributed by atoms with E-state index in [4.69, 9.17) is 17.3 Å². The molecular formula is C11H19ClN4O. The van der Waals surface area contributed by atoms with E-state index < -0.39 is 0 Å². The van der Waals surface area contributed by atoms with E-state index in [0.717, 1.165) is 6.54 Å². The normalized spacial score (nSPS) is 11.6. The van der Waals surface area contributed by atoms with Gasteiger partial charge in [-0.1, -0.05) is 25.4 Å². The minimum Gasteiger partial charge on any atom is -0.355 e. The van der Waals surface area contributed by atoms with E-state index in [0.29, 0.717) is 18.9 Å². The zero-order valence-electron chi connectivity index (χ0n) is 10.5. The smallest absolute Gasteiger partial charge is 0.271 e. The number of hydrogen-bond donors (Lipinski definition) is 2. The first-order chi connectivity index (χ1) is 7.91. The molecule has 0 saturated heterocycles. The number of aromatic nitrogens is 2. The van der Waals surface area contributed by atoms with Crippen molar-refractivity contribution in [2.24, 2.45) is 11.1 Å². The van der Waals surface area contributed by atoms with Crippen molar-refractivity contribution < 1.29 is 0 Å². The molecule has 0 atom stereocenters. The summed E-state index contributed by atoms with van der Waals surface area (Å²) in [6, 6.07) is 0. The summed E-state index contributed by atoms with van der Waals surface area (Å²) in [6.45, 7) is 8.11. The van der Waals surface area contributed by atoms with E-state index in [-0.39, 0.29) is 16.0 Å². The average molecular weight is 259 g/mol. The Morgan fingerprint density at radius 2 is 2.24 bits per heavy atom. The van der Waals surface area contributed by atoms with Crippen LogP contribution in [-0.4, -0.2) is 29.6 Å². The number of anilines is 1. The lowest BCUT2D eigenvalue weighted by Crippen LogP contribution is -2.39. The molecule has 0 unspecified atom stereocenters. The Balaban J connectivity index is 3.02. The van der Waals surface area contributed by atoms with Gasteiger partial charge in [0.1, 0.15) is 5.02 Å². The lowest BCUT2D eigenvalue weighted by molar-refractivity contribution is 0.378. The van der Waals surface area contributed by atoms with Crippen molar-refractivity contribution in [3.63, 3.8) is 0 Å². The fraction of sp³-hybridized carbons (Fsp3) is 0.636. The Bertz CT molecular complexity index is 430. The van der Waals surface area contributed by atoms with Crippen molar-refractivity contribution in [2.45, 2.75) is 20.8 Å². The lowest BCUT2D eigenvalue weighted by Gasteiger charge is -2.32. The molecule has 6 heteroatoms. The van der Waals surface area contributed by atoms with Gasteiger partial charge in [-0.05, 0) is 18.9 Å². The molecule has 0 amide bonds. The van der Waals surface area contributed by atoms with Crippen LogP contribution in [0.2, 0.25) is 5.02 Å². The molecule has 1 aromatic heterocycles. The van der Waals surface area contributed by atoms with Crippen LogP contribution in [0.5, 0.6) is 0 Å². The van der Waals surface area contributed by atoms with Crippen LogP contribution in [0.3, 0.4) is 0 Å². The molecule has 1 heterocycles. The van der Waals surface area contributed by atoms with Crippen LogP contribution in [0.25, 0.3) is 0 Å². The summed E-state index contributed by atoms with van der Waals surface area (Å²) in [5.41, 5.74) is 5.34. The summed E-state index contributed by atoms with van der Waals surface area (Å²) >= 11 is 5.96. The highest BCUT2D eigenvalue weighted by Gasteiger charge is 2.22. The van der Waals surface area contributed by atoms with Crippen LogP contribution in [0.1, 0.15) is 20.8 Å². The van der Waals surface area contributed by atoms with E-state index >= 15 is 0 Å². The minimum atomic E-state index is -0.319. The predicted molar refractivity (Wildman–Crippen MR) is 70.6 cm³/mol. The van der Waals surface area contributed by atoms with Crippen molar-refractivity contribution in [1.82, 2.24) is 9.97 Å². The van der Waals surface area contributed by atoms with Crippen molar-refractivity contribution in [3.05, 3.63) is 21.7 Å². The largest absolute Gasteiger partial charge is 0.355 e. The van der Waals surface area contributed by atoms with Gasteiger partial charge >= 0.3 is 0 Å². The molecule has 0 aliphatic rings. The topological polar surface area (TPSA) is 75.0 Å². The SMILES string of the molecule is CCN(CC(C)(C)CN)c1nc[nH]c(=O)c1Cl. The second kappa shape index (κ2) is 5.51. The Kier molecular flexibility index (Phi) is 4.54. The maximum Gasteiger partial charge on any atom is 0.271 e. The third-order valence-corrected chi connectivity index (χ3v) is 2.97. The third-order valence-electron chi connectivity index (χ3n) is 2.63. The third kappa shape index (κ3) is 3.44. The molecule has 0 bridgehead atoms. The van der Waals surface area contributed by atoms with Gasteiger partial charge in [0, 0.05) is 13.1 Å². The van der Waals surface area contributed by atoms with Crippen LogP contribution in [0.4, 0.5) is 5.82 Å². The molecule has 5 nitrogen and oxygen atoms in total. The Morgan fingerprint density at radius 3 is 2.76 bits per heavy atom. The van der Waals surface area contributed by atoms with E-state index in [1.807, 2.05) is 11.8 Å². The van der Waals surface area contributed by atoms with Gasteiger partial charge in [0.15, 0.2) is 5.82 Å². The van der Waals surface area contributed by atoms with Gasteiger partial charge in [0.2, 0.25) is 0 Å². The molecule has 0 aliphatic heterocycles. The van der Waals surface area contributed by atoms with Crippen molar-refractivity contribution in [2.75, 3.05) is 24.5 Å². The minimum absolute atomic E-state index is 0.0520. The molecule has 0 fully saturated rings. The molecule has 1 rings (SSSR count). The van der Waals surface area contributed by atoms with Gasteiger partial charge in [-0.3, -0.25) is 4.79 Å². The highest BCUT2D eigenvalue weighted by atomic mass is 35.5. The van der Waals surface area contributed by atoms with Gasteiger partial charge < -0.3 is 15.6 Å². The standard InChI is InChI=1S/C11H19ClN4O/c1-4-16(6-11(2,3)5-13)9-8(12)10(17)15-7-14-9/h7H,4-6,13H2,1-3H3,(H,14,15,17). The monoisotopic (exact) mass is 258 g/mol. The molecule has 3 N–H and O–H groups in total. The van der Waals surface area contributed by atoms with Crippen molar-refractivity contribution in [3.8, 4) is 0 Å². The molecule has 0 radical (unpaired) electrons. The zero-order valence-corrected chi connectivity index (χ0v) is 11.2. The van der Waals surface area contributed by atoms with Crippen LogP contribution >= 0.6 is 11.6 Å². The number of H-pyrrole nitrogens is 1. The quantitative estimate of drug-likeness (QED) is 0.833. The van der Waals surface area contributed by atoms with E-state index in [1.165, 1.54) is 6.33 Å². The number of nitrogens with zero attached hydrogens (tertiary/aromatic N) is 2. The van der Waals surface area contributed by atoms with Gasteiger partial charge in [0.05, 0.1) is 6.33 Å². The molecule has 17 heavy (non-hydrogen) atoms. The van der Waals surface area contributed by atoms with Gasteiger partial charge in [-0.2, -0.15) is 0 Å². The van der Waals surface area contributed by atoms with Gasteiger partial charge in [0.25, 0.3) is 5.56 Å². The predicted octanol–water partition coefficient (Wildman–Crippen LogP) is 1.23. The van der Waals surface area contributed by atoms with Crippen LogP contribution in [0.15, 0.2) is 11.1 Å². The molecule has 0 spiro atoms. The van der Waals surface area contributed by atoms with Crippen molar-refractivity contribution in [1.29, 1.82) is 0 Å². The Hall–Kier alpha value is -1.07. The first kappa shape index (κ1) is 14.0. The maximum atomic E-state index is 11.4. The lowest BCUT2D eigenvalue weighted by atomic mass is 9.93. The number of halogens is 1. The van der Waals surface area contributed by atoms with Gasteiger partial charge in [-0.15, -0.1) is 0 Å². The number of nitrogens with two attached hydrogens (primary N) is 1. The summed E-state index contributed by atoms with van der Waals surface area (Å²) < 4.78 is 0. The van der Waals surface area contributed by atoms with Crippen LogP contribution in [0, 0.1) is 5.41 Å². The number of nitrogens with one attached hydrogen (secondary N) is 1. The molecule has 1 aromatic rings. The van der Waals surface area contributed by atoms with Crippen LogP contribution in [-0.2, 0) is 0 Å². The zero-order chi connectivity index (χ0) is 13.1. The van der Waals surface area contributed by atoms with E-state index in [1.54, 1.807) is 0 Å². The molecular weight excluding hydrogens is 240 g/mol. The fourth-order valence-electron chi connectivity index (χ4n) is 1.51.